The first-order valence-corrected chi connectivity index (χ1v) is 10.1. The van der Waals surface area contributed by atoms with E-state index in [2.05, 4.69) is 0 Å². The zero-order chi connectivity index (χ0) is 23.6. The Morgan fingerprint density at radius 1 is 0.969 bits per heavy atom. The van der Waals surface area contributed by atoms with Crippen LogP contribution in [0, 0.1) is 0 Å². The first kappa shape index (κ1) is 23.1. The lowest BCUT2D eigenvalue weighted by Crippen LogP contribution is -2.24. The molecule has 0 saturated carbocycles. The fraction of sp³-hybridized carbons (Fsp3) is 0.280. The van der Waals surface area contributed by atoms with E-state index in [1.54, 1.807) is 19.1 Å². The maximum Gasteiger partial charge on any atom is 0.198 e. The van der Waals surface area contributed by atoms with Gasteiger partial charge in [-0.15, -0.1) is 0 Å². The maximum absolute atomic E-state index is 13.4. The van der Waals surface area contributed by atoms with E-state index in [-0.39, 0.29) is 63.7 Å². The van der Waals surface area contributed by atoms with E-state index in [9.17, 15) is 24.3 Å². The molecule has 7 nitrogen and oxygen atoms in total. The van der Waals surface area contributed by atoms with Crippen LogP contribution in [0.15, 0.2) is 36.4 Å². The Kier molecular flexibility index (Phi) is 6.69. The topological polar surface area (TPSA) is 107 Å². The molecule has 7 heteroatoms. The van der Waals surface area contributed by atoms with Gasteiger partial charge in [-0.2, -0.15) is 0 Å². The van der Waals surface area contributed by atoms with E-state index >= 15 is 0 Å². The average Bonchev–Trinajstić information content (AvgIpc) is 2.75. The third-order valence-corrected chi connectivity index (χ3v) is 5.32. The summed E-state index contributed by atoms with van der Waals surface area (Å²) in [6, 6.07) is 6.01. The molecular formula is C25H24O7. The summed E-state index contributed by atoms with van der Waals surface area (Å²) in [5.74, 6) is -1.05. The van der Waals surface area contributed by atoms with Gasteiger partial charge in [-0.3, -0.25) is 19.2 Å². The molecule has 0 spiro atoms. The van der Waals surface area contributed by atoms with Crippen LogP contribution in [0.2, 0.25) is 0 Å². The first-order valence-electron chi connectivity index (χ1n) is 10.1. The third-order valence-electron chi connectivity index (χ3n) is 5.32. The van der Waals surface area contributed by atoms with E-state index in [0.717, 1.165) is 0 Å². The Labute approximate surface area is 185 Å². The van der Waals surface area contributed by atoms with Crippen molar-refractivity contribution in [2.75, 3.05) is 14.2 Å². The van der Waals surface area contributed by atoms with Crippen molar-refractivity contribution in [1.29, 1.82) is 0 Å². The number of allylic oxidation sites excluding steroid dienone is 2. The molecule has 0 heterocycles. The SMILES string of the molecule is C/C=C/C(=O)CC(O)c1ccc2c(c1OC)C(=O)c1ccc(CC(C)=O)c(OC)c1C2=O. The van der Waals surface area contributed by atoms with Gasteiger partial charge in [0.25, 0.3) is 0 Å². The van der Waals surface area contributed by atoms with Crippen molar-refractivity contribution in [2.45, 2.75) is 32.8 Å². The van der Waals surface area contributed by atoms with Crippen LogP contribution in [-0.2, 0) is 16.0 Å². The molecule has 0 amide bonds. The molecule has 1 N–H and O–H groups in total. The lowest BCUT2D eigenvalue weighted by Gasteiger charge is -2.25. The number of benzene rings is 2. The number of carbonyl (C=O) groups excluding carboxylic acids is 4. The molecule has 2 aromatic rings. The summed E-state index contributed by atoms with van der Waals surface area (Å²) in [5.41, 5.74) is 1.12. The number of methoxy groups -OCH3 is 2. The highest BCUT2D eigenvalue weighted by atomic mass is 16.5. The van der Waals surface area contributed by atoms with E-state index in [4.69, 9.17) is 9.47 Å². The number of ketones is 4. The van der Waals surface area contributed by atoms with Crippen LogP contribution in [0.4, 0.5) is 0 Å². The quantitative estimate of drug-likeness (QED) is 0.541. The fourth-order valence-electron chi connectivity index (χ4n) is 4.00. The molecule has 32 heavy (non-hydrogen) atoms. The fourth-order valence-corrected chi connectivity index (χ4v) is 4.00. The Balaban J connectivity index is 2.16. The molecule has 1 aliphatic rings. The number of hydrogen-bond donors (Lipinski definition) is 1. The predicted octanol–water partition coefficient (Wildman–Crippen LogP) is 3.18. The first-order chi connectivity index (χ1) is 15.2. The zero-order valence-corrected chi connectivity index (χ0v) is 18.4. The monoisotopic (exact) mass is 436 g/mol. The highest BCUT2D eigenvalue weighted by Gasteiger charge is 2.37. The number of ether oxygens (including phenoxy) is 2. The number of rotatable bonds is 8. The number of Topliss-reactive ketones (excluding diaryl/α,β-unsaturated/α-hetero) is 1. The van der Waals surface area contributed by atoms with E-state index < -0.39 is 17.7 Å². The van der Waals surface area contributed by atoms with Crippen LogP contribution in [0.1, 0.15) is 69.3 Å². The molecule has 2 aromatic carbocycles. The molecule has 0 aliphatic heterocycles. The summed E-state index contributed by atoms with van der Waals surface area (Å²) >= 11 is 0. The minimum absolute atomic E-state index is 0.0291. The molecule has 0 saturated heterocycles. The minimum atomic E-state index is -1.21. The van der Waals surface area contributed by atoms with Crippen molar-refractivity contribution >= 4 is 23.1 Å². The van der Waals surface area contributed by atoms with Crippen molar-refractivity contribution in [3.05, 3.63) is 69.8 Å². The maximum atomic E-state index is 13.4. The Morgan fingerprint density at radius 3 is 2.06 bits per heavy atom. The Hall–Kier alpha value is -3.58. The van der Waals surface area contributed by atoms with Gasteiger partial charge in [0.1, 0.15) is 17.3 Å². The Bertz CT molecular complexity index is 1160. The van der Waals surface area contributed by atoms with Crippen LogP contribution < -0.4 is 9.47 Å². The molecule has 1 unspecified atom stereocenters. The third kappa shape index (κ3) is 3.99. The summed E-state index contributed by atoms with van der Waals surface area (Å²) in [4.78, 5) is 50.4. The normalized spacial score (nSPS) is 13.5. The number of aliphatic hydroxyl groups excluding tert-OH is 1. The summed E-state index contributed by atoms with van der Waals surface area (Å²) in [5, 5.41) is 10.6. The average molecular weight is 436 g/mol. The number of fused-ring (bicyclic) bond motifs is 2. The highest BCUT2D eigenvalue weighted by molar-refractivity contribution is 6.30. The molecule has 0 fully saturated rings. The number of aliphatic hydroxyl groups is 1. The Morgan fingerprint density at radius 2 is 1.53 bits per heavy atom. The van der Waals surface area contributed by atoms with Gasteiger partial charge in [0, 0.05) is 35.1 Å². The molecule has 166 valence electrons. The van der Waals surface area contributed by atoms with Crippen molar-refractivity contribution in [2.24, 2.45) is 0 Å². The molecule has 3 rings (SSSR count). The molecular weight excluding hydrogens is 412 g/mol. The van der Waals surface area contributed by atoms with Gasteiger partial charge >= 0.3 is 0 Å². The van der Waals surface area contributed by atoms with Crippen LogP contribution in [0.25, 0.3) is 0 Å². The number of carbonyl (C=O) groups is 4. The number of hydrogen-bond acceptors (Lipinski definition) is 7. The van der Waals surface area contributed by atoms with Gasteiger partial charge in [0.15, 0.2) is 17.3 Å². The van der Waals surface area contributed by atoms with Crippen molar-refractivity contribution in [1.82, 2.24) is 0 Å². The molecule has 0 radical (unpaired) electrons. The zero-order valence-electron chi connectivity index (χ0n) is 18.4. The second-order valence-electron chi connectivity index (χ2n) is 7.51. The lowest BCUT2D eigenvalue weighted by molar-refractivity contribution is -0.117. The minimum Gasteiger partial charge on any atom is -0.496 e. The van der Waals surface area contributed by atoms with E-state index in [0.29, 0.717) is 5.56 Å². The summed E-state index contributed by atoms with van der Waals surface area (Å²) < 4.78 is 10.9. The van der Waals surface area contributed by atoms with Crippen molar-refractivity contribution in [3.63, 3.8) is 0 Å². The van der Waals surface area contributed by atoms with Crippen molar-refractivity contribution < 1.29 is 33.8 Å². The van der Waals surface area contributed by atoms with Crippen LogP contribution in [0.5, 0.6) is 11.5 Å². The molecule has 1 atom stereocenters. The van der Waals surface area contributed by atoms with Crippen LogP contribution in [-0.4, -0.2) is 42.5 Å². The van der Waals surface area contributed by atoms with E-state index in [1.165, 1.54) is 45.4 Å². The second-order valence-corrected chi connectivity index (χ2v) is 7.51. The van der Waals surface area contributed by atoms with Crippen molar-refractivity contribution in [3.8, 4) is 11.5 Å². The van der Waals surface area contributed by atoms with Gasteiger partial charge in [-0.05, 0) is 32.1 Å². The van der Waals surface area contributed by atoms with Gasteiger partial charge in [0.2, 0.25) is 0 Å². The lowest BCUT2D eigenvalue weighted by atomic mass is 9.80. The summed E-state index contributed by atoms with van der Waals surface area (Å²) in [6.07, 6.45) is 1.59. The second kappa shape index (κ2) is 9.28. The van der Waals surface area contributed by atoms with E-state index in [1.807, 2.05) is 0 Å². The van der Waals surface area contributed by atoms with Crippen LogP contribution in [0.3, 0.4) is 0 Å². The predicted molar refractivity (Wildman–Crippen MR) is 117 cm³/mol. The van der Waals surface area contributed by atoms with Gasteiger partial charge in [-0.25, -0.2) is 0 Å². The standard InChI is InChI=1S/C25H24O7/c1-5-6-15(27)12-19(28)16-9-10-18-21(25(16)32-4)23(30)17-8-7-14(11-13(2)26)24(31-3)20(17)22(18)29/h5-10,19,28H,11-12H2,1-4H3/b6-5+. The van der Waals surface area contributed by atoms with Gasteiger partial charge < -0.3 is 14.6 Å². The highest BCUT2D eigenvalue weighted by Crippen LogP contribution is 2.41. The molecule has 1 aliphatic carbocycles. The molecule has 0 bridgehead atoms. The van der Waals surface area contributed by atoms with Gasteiger partial charge in [-0.1, -0.05) is 18.2 Å². The van der Waals surface area contributed by atoms with Crippen LogP contribution >= 0.6 is 0 Å². The summed E-state index contributed by atoms with van der Waals surface area (Å²) in [6.45, 7) is 3.13. The molecule has 0 aromatic heterocycles. The smallest absolute Gasteiger partial charge is 0.198 e. The van der Waals surface area contributed by atoms with Gasteiger partial charge in [0.05, 0.1) is 31.5 Å². The largest absolute Gasteiger partial charge is 0.496 e. The summed E-state index contributed by atoms with van der Waals surface area (Å²) in [7, 11) is 2.72.